The van der Waals surface area contributed by atoms with Crippen LogP contribution in [0.1, 0.15) is 22.3 Å². The summed E-state index contributed by atoms with van der Waals surface area (Å²) in [7, 11) is 0. The Kier molecular flexibility index (Phi) is 7.61. The van der Waals surface area contributed by atoms with Crippen molar-refractivity contribution in [3.8, 4) is 39.1 Å². The number of benzene rings is 9. The maximum absolute atomic E-state index is 2.50. The lowest BCUT2D eigenvalue weighted by atomic mass is 9.75. The van der Waals surface area contributed by atoms with E-state index in [0.29, 0.717) is 0 Å². The zero-order valence-electron chi connectivity index (χ0n) is 32.6. The van der Waals surface area contributed by atoms with Crippen molar-refractivity contribution in [3.05, 3.63) is 241 Å². The Balaban J connectivity index is 0.983. The maximum atomic E-state index is 2.50. The summed E-state index contributed by atoms with van der Waals surface area (Å²) in [5.74, 6) is 0. The first-order chi connectivity index (χ1) is 29.2. The minimum Gasteiger partial charge on any atom is -0.310 e. The van der Waals surface area contributed by atoms with Crippen molar-refractivity contribution in [2.75, 3.05) is 4.90 Å². The number of anilines is 3. The molecule has 2 aliphatic rings. The predicted octanol–water partition coefficient (Wildman–Crippen LogP) is 14.7. The van der Waals surface area contributed by atoms with E-state index in [0.717, 1.165) is 24.2 Å². The minimum atomic E-state index is -0.0841. The number of hydrogen-bond acceptors (Lipinski definition) is 1. The van der Waals surface area contributed by atoms with Crippen LogP contribution in [0.4, 0.5) is 17.1 Å². The highest BCUT2D eigenvalue weighted by molar-refractivity contribution is 6.10. The normalized spacial score (nSPS) is 13.4. The largest absolute Gasteiger partial charge is 0.310 e. The van der Waals surface area contributed by atoms with Crippen LogP contribution in [0.15, 0.2) is 218 Å². The van der Waals surface area contributed by atoms with E-state index in [1.165, 1.54) is 88.8 Å². The van der Waals surface area contributed by atoms with E-state index in [1.807, 2.05) is 0 Å². The summed E-state index contributed by atoms with van der Waals surface area (Å²) < 4.78 is 2.39. The molecule has 0 N–H and O–H groups in total. The average Bonchev–Trinajstić information content (AvgIpc) is 3.95. The maximum Gasteiger partial charge on any atom is 0.0547 e. The third kappa shape index (κ3) is 5.34. The molecule has 1 spiro atoms. The average molecular weight is 753 g/mol. The predicted molar refractivity (Wildman–Crippen MR) is 246 cm³/mol. The molecule has 2 heteroatoms. The SMILES string of the molecule is c1ccc(-c2ccc(N(c3ccc(-c4ccc5c6ccccc6n(-c6ccccc6)c5c4)cc3)c3ccc4c(c3)C3(Cc5ccccc5C3)c3ccccc3-4)cc2)cc1. The van der Waals surface area contributed by atoms with Crippen molar-refractivity contribution in [2.24, 2.45) is 0 Å². The van der Waals surface area contributed by atoms with Gasteiger partial charge in [0, 0.05) is 38.9 Å². The molecular formula is C57H40N2. The number of para-hydroxylation sites is 2. The van der Waals surface area contributed by atoms with E-state index in [-0.39, 0.29) is 5.41 Å². The van der Waals surface area contributed by atoms with Crippen molar-refractivity contribution in [1.29, 1.82) is 0 Å². The molecule has 10 aromatic rings. The van der Waals surface area contributed by atoms with Crippen molar-refractivity contribution in [3.63, 3.8) is 0 Å². The van der Waals surface area contributed by atoms with Crippen LogP contribution in [0.2, 0.25) is 0 Å². The Morgan fingerprint density at radius 1 is 0.356 bits per heavy atom. The number of aromatic nitrogens is 1. The zero-order chi connectivity index (χ0) is 38.9. The molecule has 0 atom stereocenters. The van der Waals surface area contributed by atoms with Gasteiger partial charge < -0.3 is 9.47 Å². The minimum absolute atomic E-state index is 0.0841. The van der Waals surface area contributed by atoms with Gasteiger partial charge in [-0.1, -0.05) is 158 Å². The van der Waals surface area contributed by atoms with Crippen LogP contribution in [-0.4, -0.2) is 4.57 Å². The Bertz CT molecular complexity index is 3170. The van der Waals surface area contributed by atoms with Gasteiger partial charge in [-0.15, -0.1) is 0 Å². The molecule has 0 unspecified atom stereocenters. The lowest BCUT2D eigenvalue weighted by Crippen LogP contribution is -2.26. The highest BCUT2D eigenvalue weighted by atomic mass is 15.1. The third-order valence-electron chi connectivity index (χ3n) is 13.0. The fourth-order valence-corrected chi connectivity index (χ4v) is 10.3. The molecule has 0 radical (unpaired) electrons. The summed E-state index contributed by atoms with van der Waals surface area (Å²) in [6, 6.07) is 80.6. The van der Waals surface area contributed by atoms with E-state index >= 15 is 0 Å². The van der Waals surface area contributed by atoms with Gasteiger partial charge in [0.05, 0.1) is 11.0 Å². The molecule has 9 aromatic carbocycles. The summed E-state index contributed by atoms with van der Waals surface area (Å²) in [5.41, 5.74) is 20.3. The molecular weight excluding hydrogens is 713 g/mol. The van der Waals surface area contributed by atoms with Gasteiger partial charge in [0.25, 0.3) is 0 Å². The first-order valence-corrected chi connectivity index (χ1v) is 20.7. The lowest BCUT2D eigenvalue weighted by Gasteiger charge is -2.30. The fourth-order valence-electron chi connectivity index (χ4n) is 10.3. The van der Waals surface area contributed by atoms with Gasteiger partial charge in [-0.2, -0.15) is 0 Å². The smallest absolute Gasteiger partial charge is 0.0547 e. The summed E-state index contributed by atoms with van der Waals surface area (Å²) >= 11 is 0. The summed E-state index contributed by atoms with van der Waals surface area (Å²) in [6.07, 6.45) is 2.04. The van der Waals surface area contributed by atoms with E-state index in [9.17, 15) is 0 Å². The number of fused-ring (bicyclic) bond motifs is 9. The number of hydrogen-bond donors (Lipinski definition) is 0. The van der Waals surface area contributed by atoms with Crippen LogP contribution in [-0.2, 0) is 18.3 Å². The monoisotopic (exact) mass is 752 g/mol. The molecule has 2 aliphatic carbocycles. The second-order valence-corrected chi connectivity index (χ2v) is 16.2. The second kappa shape index (κ2) is 13.3. The highest BCUT2D eigenvalue weighted by Crippen LogP contribution is 2.56. The van der Waals surface area contributed by atoms with Crippen molar-refractivity contribution >= 4 is 38.9 Å². The second-order valence-electron chi connectivity index (χ2n) is 16.2. The van der Waals surface area contributed by atoms with Crippen LogP contribution in [0.25, 0.3) is 60.9 Å². The summed E-state index contributed by atoms with van der Waals surface area (Å²) in [4.78, 5) is 2.44. The number of nitrogens with zero attached hydrogens (tertiary/aromatic N) is 2. The molecule has 1 heterocycles. The van der Waals surface area contributed by atoms with Crippen molar-refractivity contribution in [1.82, 2.24) is 4.57 Å². The molecule has 0 fully saturated rings. The Labute approximate surface area is 344 Å². The van der Waals surface area contributed by atoms with Crippen molar-refractivity contribution in [2.45, 2.75) is 18.3 Å². The molecule has 0 bridgehead atoms. The first kappa shape index (κ1) is 33.7. The molecule has 0 aliphatic heterocycles. The molecule has 0 saturated heterocycles. The van der Waals surface area contributed by atoms with Crippen LogP contribution in [0.3, 0.4) is 0 Å². The van der Waals surface area contributed by atoms with Gasteiger partial charge >= 0.3 is 0 Å². The van der Waals surface area contributed by atoms with Gasteiger partial charge in [0.15, 0.2) is 0 Å². The van der Waals surface area contributed by atoms with Crippen LogP contribution < -0.4 is 4.90 Å². The quantitative estimate of drug-likeness (QED) is 0.164. The zero-order valence-corrected chi connectivity index (χ0v) is 32.6. The Morgan fingerprint density at radius 2 is 0.881 bits per heavy atom. The highest BCUT2D eigenvalue weighted by Gasteiger charge is 2.47. The van der Waals surface area contributed by atoms with Gasteiger partial charge in [0.1, 0.15) is 0 Å². The van der Waals surface area contributed by atoms with E-state index < -0.39 is 0 Å². The first-order valence-electron chi connectivity index (χ1n) is 20.7. The van der Waals surface area contributed by atoms with Crippen LogP contribution in [0.5, 0.6) is 0 Å². The lowest BCUT2D eigenvalue weighted by molar-refractivity contribution is 0.563. The fraction of sp³-hybridized carbons (Fsp3) is 0.0526. The van der Waals surface area contributed by atoms with Gasteiger partial charge in [0.2, 0.25) is 0 Å². The summed E-state index contributed by atoms with van der Waals surface area (Å²) in [5, 5.41) is 2.53. The van der Waals surface area contributed by atoms with Gasteiger partial charge in [-0.05, 0) is 129 Å². The molecule has 0 amide bonds. The third-order valence-corrected chi connectivity index (χ3v) is 13.0. The molecule has 12 rings (SSSR count). The van der Waals surface area contributed by atoms with Crippen LogP contribution >= 0.6 is 0 Å². The standard InChI is InChI=1S/C57H40N2/c1-3-13-39(14-4-1)40-23-28-46(29-24-40)58(48-32-34-50-49-19-9-11-21-53(49)57(54(50)36-48)37-43-15-7-8-16-44(43)38-57)47-30-25-41(26-31-47)42-27-33-52-51-20-10-12-22-55(51)59(56(52)35-42)45-17-5-2-6-18-45/h1-36H,37-38H2. The van der Waals surface area contributed by atoms with Gasteiger partial charge in [-0.3, -0.25) is 0 Å². The van der Waals surface area contributed by atoms with E-state index in [4.69, 9.17) is 0 Å². The summed E-state index contributed by atoms with van der Waals surface area (Å²) in [6.45, 7) is 0. The van der Waals surface area contributed by atoms with E-state index in [2.05, 4.69) is 228 Å². The molecule has 2 nitrogen and oxygen atoms in total. The van der Waals surface area contributed by atoms with Crippen molar-refractivity contribution < 1.29 is 0 Å². The van der Waals surface area contributed by atoms with Gasteiger partial charge in [-0.25, -0.2) is 0 Å². The van der Waals surface area contributed by atoms with E-state index in [1.54, 1.807) is 0 Å². The topological polar surface area (TPSA) is 8.17 Å². The number of rotatable bonds is 6. The molecule has 59 heavy (non-hydrogen) atoms. The Hall–Kier alpha value is -7.42. The molecule has 1 aromatic heterocycles. The molecule has 278 valence electrons. The molecule has 0 saturated carbocycles. The van der Waals surface area contributed by atoms with Crippen LogP contribution in [0, 0.1) is 0 Å². The Morgan fingerprint density at radius 3 is 1.61 bits per heavy atom.